The summed E-state index contributed by atoms with van der Waals surface area (Å²) in [7, 11) is 0. The molecule has 1 N–H and O–H groups in total. The first-order valence-electron chi connectivity index (χ1n) is 3.73. The summed E-state index contributed by atoms with van der Waals surface area (Å²) in [5.74, 6) is 0. The molecule has 0 saturated carbocycles. The minimum absolute atomic E-state index is 0.650. The van der Waals surface area contributed by atoms with E-state index in [0.717, 1.165) is 18.4 Å². The number of pyridine rings is 1. The molecule has 2 nitrogen and oxygen atoms in total. The second kappa shape index (κ2) is 3.86. The molecule has 0 aliphatic rings. The third-order valence-corrected chi connectivity index (χ3v) is 1.45. The molecule has 0 bridgehead atoms. The van der Waals surface area contributed by atoms with Crippen molar-refractivity contribution in [3.05, 3.63) is 30.1 Å². The van der Waals surface area contributed by atoms with Crippen molar-refractivity contribution in [2.75, 3.05) is 0 Å². The largest absolute Gasteiger partial charge is 0.305 e. The van der Waals surface area contributed by atoms with Gasteiger partial charge in [-0.05, 0) is 12.5 Å². The Bertz CT molecular complexity index is 229. The fraction of sp³-hybridized carbons (Fsp3) is 0.333. The Balaban J connectivity index is 2.69. The molecule has 0 aliphatic heterocycles. The summed E-state index contributed by atoms with van der Waals surface area (Å²) in [4.78, 5) is 3.89. The molecule has 0 aromatic carbocycles. The first-order valence-corrected chi connectivity index (χ1v) is 3.73. The Hall–Kier alpha value is -1.18. The minimum Gasteiger partial charge on any atom is -0.305 e. The first-order chi connectivity index (χ1) is 5.34. The van der Waals surface area contributed by atoms with Gasteiger partial charge in [-0.15, -0.1) is 0 Å². The number of rotatable bonds is 3. The van der Waals surface area contributed by atoms with Crippen molar-refractivity contribution < 1.29 is 0 Å². The molecular weight excluding hydrogens is 136 g/mol. The average Bonchev–Trinajstić information content (AvgIpc) is 2.07. The summed E-state index contributed by atoms with van der Waals surface area (Å²) in [6.07, 6.45) is 5.13. The van der Waals surface area contributed by atoms with Crippen LogP contribution in [0.4, 0.5) is 0 Å². The summed E-state index contributed by atoms with van der Waals surface area (Å²) >= 11 is 0. The van der Waals surface area contributed by atoms with Crippen molar-refractivity contribution in [2.45, 2.75) is 19.8 Å². The van der Waals surface area contributed by atoms with Crippen LogP contribution in [-0.2, 0) is 0 Å². The Morgan fingerprint density at radius 2 is 2.55 bits per heavy atom. The van der Waals surface area contributed by atoms with Gasteiger partial charge in [-0.3, -0.25) is 4.98 Å². The summed E-state index contributed by atoms with van der Waals surface area (Å²) in [5, 5.41) is 7.57. The molecule has 1 radical (unpaired) electrons. The lowest BCUT2D eigenvalue weighted by atomic mass is 10.1. The molecule has 1 rings (SSSR count). The molecule has 0 atom stereocenters. The average molecular weight is 147 g/mol. The van der Waals surface area contributed by atoms with Crippen LogP contribution in [0.2, 0.25) is 0 Å². The molecule has 1 aromatic rings. The zero-order chi connectivity index (χ0) is 8.10. The Kier molecular flexibility index (Phi) is 2.78. The standard InChI is InChI=1S/C9H11N2/c1-2-4-9(10)8-5-3-6-11-7-8/h5-7,10H,2,4H2,1H3. The van der Waals surface area contributed by atoms with E-state index in [2.05, 4.69) is 18.0 Å². The van der Waals surface area contributed by atoms with E-state index in [9.17, 15) is 0 Å². The molecule has 0 spiro atoms. The van der Waals surface area contributed by atoms with Crippen LogP contribution in [-0.4, -0.2) is 10.7 Å². The normalized spacial score (nSPS) is 9.55. The van der Waals surface area contributed by atoms with Gasteiger partial charge in [-0.1, -0.05) is 13.3 Å². The van der Waals surface area contributed by atoms with Crippen LogP contribution in [0.25, 0.3) is 0 Å². The van der Waals surface area contributed by atoms with Gasteiger partial charge in [-0.25, -0.2) is 0 Å². The smallest absolute Gasteiger partial charge is 0.0401 e. The minimum atomic E-state index is 0.650. The van der Waals surface area contributed by atoms with Gasteiger partial charge in [0.25, 0.3) is 0 Å². The highest BCUT2D eigenvalue weighted by Crippen LogP contribution is 2.01. The van der Waals surface area contributed by atoms with E-state index < -0.39 is 0 Å². The monoisotopic (exact) mass is 147 g/mol. The first kappa shape index (κ1) is 7.92. The maximum atomic E-state index is 7.57. The van der Waals surface area contributed by atoms with E-state index in [4.69, 9.17) is 5.41 Å². The van der Waals surface area contributed by atoms with Crippen molar-refractivity contribution in [3.8, 4) is 0 Å². The third kappa shape index (κ3) is 2.15. The van der Waals surface area contributed by atoms with Gasteiger partial charge in [0.2, 0.25) is 0 Å². The van der Waals surface area contributed by atoms with Crippen molar-refractivity contribution >= 4 is 5.71 Å². The maximum Gasteiger partial charge on any atom is 0.0401 e. The molecule has 0 saturated heterocycles. The summed E-state index contributed by atoms with van der Waals surface area (Å²) in [6, 6.07) is 4.64. The van der Waals surface area contributed by atoms with E-state index in [0.29, 0.717) is 5.71 Å². The number of aromatic nitrogens is 1. The predicted molar refractivity (Wildman–Crippen MR) is 44.8 cm³/mol. The van der Waals surface area contributed by atoms with Gasteiger partial charge in [-0.2, -0.15) is 0 Å². The lowest BCUT2D eigenvalue weighted by Crippen LogP contribution is -1.97. The predicted octanol–water partition coefficient (Wildman–Crippen LogP) is 2.05. The van der Waals surface area contributed by atoms with E-state index in [-0.39, 0.29) is 0 Å². The highest BCUT2D eigenvalue weighted by atomic mass is 14.6. The van der Waals surface area contributed by atoms with Gasteiger partial charge in [0.05, 0.1) is 0 Å². The molecule has 1 heterocycles. The number of nitrogens with one attached hydrogen (secondary N) is 1. The van der Waals surface area contributed by atoms with E-state index in [1.54, 1.807) is 18.5 Å². The van der Waals surface area contributed by atoms with Gasteiger partial charge in [0.1, 0.15) is 0 Å². The number of hydrogen-bond acceptors (Lipinski definition) is 2. The van der Waals surface area contributed by atoms with Crippen LogP contribution in [0, 0.1) is 11.5 Å². The second-order valence-corrected chi connectivity index (χ2v) is 2.40. The molecular formula is C9H11N2. The molecule has 0 fully saturated rings. The van der Waals surface area contributed by atoms with Gasteiger partial charge >= 0.3 is 0 Å². The molecule has 0 amide bonds. The van der Waals surface area contributed by atoms with Crippen LogP contribution in [0.3, 0.4) is 0 Å². The Labute approximate surface area is 66.8 Å². The van der Waals surface area contributed by atoms with E-state index in [1.807, 2.05) is 0 Å². The van der Waals surface area contributed by atoms with Crippen molar-refractivity contribution in [1.82, 2.24) is 4.98 Å². The summed E-state index contributed by atoms with van der Waals surface area (Å²) in [6.45, 7) is 2.06. The molecule has 1 aromatic heterocycles. The number of hydrogen-bond donors (Lipinski definition) is 1. The third-order valence-electron chi connectivity index (χ3n) is 1.45. The molecule has 57 valence electrons. The zero-order valence-electron chi connectivity index (χ0n) is 6.59. The highest BCUT2D eigenvalue weighted by Gasteiger charge is 1.97. The molecule has 2 heteroatoms. The fourth-order valence-corrected chi connectivity index (χ4v) is 0.884. The summed E-state index contributed by atoms with van der Waals surface area (Å²) in [5.41, 5.74) is 1.53. The Morgan fingerprint density at radius 3 is 3.09 bits per heavy atom. The quantitative estimate of drug-likeness (QED) is 0.653. The summed E-state index contributed by atoms with van der Waals surface area (Å²) < 4.78 is 0. The lowest BCUT2D eigenvalue weighted by molar-refractivity contribution is 0.985. The Morgan fingerprint density at radius 1 is 1.73 bits per heavy atom. The maximum absolute atomic E-state index is 7.57. The van der Waals surface area contributed by atoms with Gasteiger partial charge < -0.3 is 5.41 Å². The molecule has 0 aliphatic carbocycles. The second-order valence-electron chi connectivity index (χ2n) is 2.40. The zero-order valence-corrected chi connectivity index (χ0v) is 6.59. The van der Waals surface area contributed by atoms with Gasteiger partial charge in [0, 0.05) is 29.7 Å². The van der Waals surface area contributed by atoms with Crippen LogP contribution in [0.1, 0.15) is 25.3 Å². The molecule has 11 heavy (non-hydrogen) atoms. The van der Waals surface area contributed by atoms with Gasteiger partial charge in [0.15, 0.2) is 0 Å². The lowest BCUT2D eigenvalue weighted by Gasteiger charge is -1.99. The van der Waals surface area contributed by atoms with Crippen LogP contribution < -0.4 is 0 Å². The van der Waals surface area contributed by atoms with Crippen molar-refractivity contribution in [2.24, 2.45) is 0 Å². The highest BCUT2D eigenvalue weighted by molar-refractivity contribution is 5.97. The molecule has 0 unspecified atom stereocenters. The van der Waals surface area contributed by atoms with Crippen molar-refractivity contribution in [1.29, 1.82) is 5.41 Å². The van der Waals surface area contributed by atoms with Crippen molar-refractivity contribution in [3.63, 3.8) is 0 Å². The van der Waals surface area contributed by atoms with Crippen LogP contribution >= 0.6 is 0 Å². The SMILES string of the molecule is CCCC(=N)c1c[c]cnc1. The fourth-order valence-electron chi connectivity index (χ4n) is 0.884. The van der Waals surface area contributed by atoms with Crippen LogP contribution in [0.5, 0.6) is 0 Å². The van der Waals surface area contributed by atoms with Crippen LogP contribution in [0.15, 0.2) is 18.5 Å². The number of nitrogens with zero attached hydrogens (tertiary/aromatic N) is 1. The van der Waals surface area contributed by atoms with E-state index in [1.165, 1.54) is 0 Å². The topological polar surface area (TPSA) is 36.7 Å². The van der Waals surface area contributed by atoms with E-state index >= 15 is 0 Å².